The van der Waals surface area contributed by atoms with Gasteiger partial charge >= 0.3 is 0 Å². The lowest BCUT2D eigenvalue weighted by Crippen LogP contribution is -2.38. The van der Waals surface area contributed by atoms with E-state index in [0.29, 0.717) is 5.56 Å². The number of phenolic OH excluding ortho intramolecular Hbond substituents is 1. The summed E-state index contributed by atoms with van der Waals surface area (Å²) in [5.74, 6) is 1.02. The summed E-state index contributed by atoms with van der Waals surface area (Å²) < 4.78 is 0. The molecule has 0 spiro atoms. The Morgan fingerprint density at radius 3 is 2.59 bits per heavy atom. The highest BCUT2D eigenvalue weighted by Gasteiger charge is 2.35. The maximum atomic E-state index is 12.5. The minimum atomic E-state index is 0.00579. The van der Waals surface area contributed by atoms with E-state index in [1.807, 2.05) is 23.1 Å². The predicted octanol–water partition coefficient (Wildman–Crippen LogP) is 2.27. The number of phenols is 1. The highest BCUT2D eigenvalue weighted by atomic mass is 16.3. The molecule has 2 aliphatic rings. The van der Waals surface area contributed by atoms with Crippen LogP contribution in [0.15, 0.2) is 53.5 Å². The highest BCUT2D eigenvalue weighted by molar-refractivity contribution is 6.19. The lowest BCUT2D eigenvalue weighted by molar-refractivity contribution is 0.100. The molecule has 0 aromatic heterocycles. The molecule has 2 aromatic carbocycles. The van der Waals surface area contributed by atoms with Crippen molar-refractivity contribution in [2.75, 3.05) is 29.4 Å². The van der Waals surface area contributed by atoms with Crippen LogP contribution in [0.4, 0.5) is 11.4 Å². The van der Waals surface area contributed by atoms with Gasteiger partial charge in [0.1, 0.15) is 5.75 Å². The van der Waals surface area contributed by atoms with Gasteiger partial charge in [0, 0.05) is 12.1 Å². The van der Waals surface area contributed by atoms with Crippen molar-refractivity contribution in [1.82, 2.24) is 0 Å². The summed E-state index contributed by atoms with van der Waals surface area (Å²) >= 11 is 0. The number of carbonyl (C=O) groups is 1. The molecule has 22 heavy (non-hydrogen) atoms. The number of benzene rings is 2. The molecule has 0 aliphatic carbocycles. The van der Waals surface area contributed by atoms with E-state index in [1.54, 1.807) is 12.1 Å². The second-order valence-corrected chi connectivity index (χ2v) is 5.38. The number of Topliss-reactive ketones (excluding diaryl/α,β-unsaturated/α-hetero) is 1. The number of ketones is 1. The Morgan fingerprint density at radius 2 is 1.82 bits per heavy atom. The van der Waals surface area contributed by atoms with Gasteiger partial charge in [0.2, 0.25) is 5.96 Å². The summed E-state index contributed by atoms with van der Waals surface area (Å²) in [4.78, 5) is 21.2. The number of hydrogen-bond donors (Lipinski definition) is 1. The third kappa shape index (κ3) is 1.94. The number of para-hydroxylation sites is 2. The zero-order valence-corrected chi connectivity index (χ0v) is 11.9. The fourth-order valence-corrected chi connectivity index (χ4v) is 2.96. The smallest absolute Gasteiger partial charge is 0.206 e. The van der Waals surface area contributed by atoms with Crippen molar-refractivity contribution in [1.29, 1.82) is 0 Å². The fourth-order valence-electron chi connectivity index (χ4n) is 2.96. The molecular formula is C17H15N3O2. The van der Waals surface area contributed by atoms with Crippen LogP contribution >= 0.6 is 0 Å². The molecule has 0 bridgehead atoms. The molecule has 5 heteroatoms. The molecule has 0 radical (unpaired) electrons. The number of carbonyl (C=O) groups excluding carboxylic acids is 1. The normalized spacial score (nSPS) is 15.5. The molecule has 0 amide bonds. The van der Waals surface area contributed by atoms with E-state index in [9.17, 15) is 9.90 Å². The molecule has 0 unspecified atom stereocenters. The number of aromatic hydroxyl groups is 1. The largest absolute Gasteiger partial charge is 0.508 e. The summed E-state index contributed by atoms with van der Waals surface area (Å²) in [7, 11) is 0. The molecule has 2 aliphatic heterocycles. The van der Waals surface area contributed by atoms with E-state index >= 15 is 0 Å². The molecule has 1 N–H and O–H groups in total. The van der Waals surface area contributed by atoms with E-state index in [4.69, 9.17) is 0 Å². The Kier molecular flexibility index (Phi) is 2.85. The molecule has 110 valence electrons. The first-order valence-electron chi connectivity index (χ1n) is 7.25. The summed E-state index contributed by atoms with van der Waals surface area (Å²) in [6.07, 6.45) is 0. The molecule has 5 nitrogen and oxygen atoms in total. The Morgan fingerprint density at radius 1 is 1.09 bits per heavy atom. The minimum Gasteiger partial charge on any atom is -0.508 e. The molecule has 0 saturated heterocycles. The molecule has 2 aromatic rings. The maximum Gasteiger partial charge on any atom is 0.206 e. The molecule has 0 fully saturated rings. The quantitative estimate of drug-likeness (QED) is 0.882. The van der Waals surface area contributed by atoms with Crippen molar-refractivity contribution in [2.45, 2.75) is 0 Å². The lowest BCUT2D eigenvalue weighted by atomic mass is 10.1. The maximum absolute atomic E-state index is 12.5. The van der Waals surface area contributed by atoms with Gasteiger partial charge in [0.05, 0.1) is 24.5 Å². The Bertz CT molecular complexity index is 768. The molecule has 0 saturated carbocycles. The first kappa shape index (κ1) is 12.9. The predicted molar refractivity (Wildman–Crippen MR) is 85.9 cm³/mol. The van der Waals surface area contributed by atoms with E-state index < -0.39 is 0 Å². The third-order valence-electron chi connectivity index (χ3n) is 4.01. The van der Waals surface area contributed by atoms with E-state index in [-0.39, 0.29) is 18.1 Å². The van der Waals surface area contributed by atoms with Gasteiger partial charge in [-0.05, 0) is 36.4 Å². The van der Waals surface area contributed by atoms with Gasteiger partial charge in [-0.2, -0.15) is 0 Å². The van der Waals surface area contributed by atoms with Crippen molar-refractivity contribution >= 4 is 23.1 Å². The summed E-state index contributed by atoms with van der Waals surface area (Å²) in [6, 6.07) is 14.4. The second kappa shape index (κ2) is 4.87. The average molecular weight is 293 g/mol. The summed E-state index contributed by atoms with van der Waals surface area (Å²) in [6.45, 7) is 1.86. The Labute approximate surface area is 128 Å². The Balaban J connectivity index is 1.65. The van der Waals surface area contributed by atoms with Crippen LogP contribution in [0.3, 0.4) is 0 Å². The van der Waals surface area contributed by atoms with Crippen LogP contribution in [0, 0.1) is 0 Å². The first-order valence-corrected chi connectivity index (χ1v) is 7.25. The SMILES string of the molecule is O=C(CN1C2=NCCN2c2ccccc21)c1ccc(O)cc1. The topological polar surface area (TPSA) is 56.1 Å². The number of hydrogen-bond acceptors (Lipinski definition) is 5. The molecular weight excluding hydrogens is 278 g/mol. The fraction of sp³-hybridized carbons (Fsp3) is 0.176. The number of aliphatic imine (C=N–C) groups is 1. The molecule has 2 heterocycles. The monoisotopic (exact) mass is 293 g/mol. The van der Waals surface area contributed by atoms with Crippen LogP contribution in [-0.4, -0.2) is 36.5 Å². The van der Waals surface area contributed by atoms with E-state index in [0.717, 1.165) is 30.4 Å². The summed E-state index contributed by atoms with van der Waals surface area (Å²) in [5.41, 5.74) is 2.72. The van der Waals surface area contributed by atoms with Crippen LogP contribution in [0.25, 0.3) is 0 Å². The van der Waals surface area contributed by atoms with Crippen LogP contribution in [0.2, 0.25) is 0 Å². The highest BCUT2D eigenvalue weighted by Crippen LogP contribution is 2.38. The number of nitrogens with zero attached hydrogens (tertiary/aromatic N) is 3. The number of rotatable bonds is 3. The van der Waals surface area contributed by atoms with E-state index in [1.165, 1.54) is 12.1 Å². The number of fused-ring (bicyclic) bond motifs is 3. The molecule has 4 rings (SSSR count). The van der Waals surface area contributed by atoms with Crippen molar-refractivity contribution in [2.24, 2.45) is 4.99 Å². The standard InChI is InChI=1S/C17H15N3O2/c21-13-7-5-12(6-8-13)16(22)11-20-15-4-2-1-3-14(15)19-10-9-18-17(19)20/h1-8,21H,9-11H2. The van der Waals surface area contributed by atoms with Crippen molar-refractivity contribution in [3.8, 4) is 5.75 Å². The van der Waals surface area contributed by atoms with Crippen LogP contribution in [0.5, 0.6) is 5.75 Å². The molecule has 0 atom stereocenters. The lowest BCUT2D eigenvalue weighted by Gasteiger charge is -2.18. The zero-order chi connectivity index (χ0) is 15.1. The minimum absolute atomic E-state index is 0.00579. The van der Waals surface area contributed by atoms with Gasteiger partial charge in [-0.15, -0.1) is 0 Å². The van der Waals surface area contributed by atoms with E-state index in [2.05, 4.69) is 16.0 Å². The van der Waals surface area contributed by atoms with Gasteiger partial charge in [-0.1, -0.05) is 12.1 Å². The second-order valence-electron chi connectivity index (χ2n) is 5.38. The van der Waals surface area contributed by atoms with Crippen LogP contribution < -0.4 is 9.80 Å². The van der Waals surface area contributed by atoms with Gasteiger partial charge in [0.25, 0.3) is 0 Å². The van der Waals surface area contributed by atoms with Crippen LogP contribution in [0.1, 0.15) is 10.4 Å². The number of guanidine groups is 1. The summed E-state index contributed by atoms with van der Waals surface area (Å²) in [5, 5.41) is 9.33. The van der Waals surface area contributed by atoms with Gasteiger partial charge in [-0.25, -0.2) is 0 Å². The van der Waals surface area contributed by atoms with Crippen molar-refractivity contribution < 1.29 is 9.90 Å². The van der Waals surface area contributed by atoms with Gasteiger partial charge < -0.3 is 14.9 Å². The third-order valence-corrected chi connectivity index (χ3v) is 4.01. The first-order chi connectivity index (χ1) is 10.7. The average Bonchev–Trinajstić information content (AvgIpc) is 3.11. The number of anilines is 2. The van der Waals surface area contributed by atoms with Gasteiger partial charge in [-0.3, -0.25) is 9.79 Å². The Hall–Kier alpha value is -2.82. The van der Waals surface area contributed by atoms with Crippen LogP contribution in [-0.2, 0) is 0 Å². The van der Waals surface area contributed by atoms with Crippen molar-refractivity contribution in [3.05, 3.63) is 54.1 Å². The zero-order valence-electron chi connectivity index (χ0n) is 11.9. The van der Waals surface area contributed by atoms with Gasteiger partial charge in [0.15, 0.2) is 5.78 Å². The van der Waals surface area contributed by atoms with Crippen molar-refractivity contribution in [3.63, 3.8) is 0 Å².